The molecule has 0 radical (unpaired) electrons. The van der Waals surface area contributed by atoms with Crippen molar-refractivity contribution in [2.45, 2.75) is 56.5 Å². The maximum absolute atomic E-state index is 10.6. The summed E-state index contributed by atoms with van der Waals surface area (Å²) >= 11 is 1.60. The van der Waals surface area contributed by atoms with Crippen molar-refractivity contribution >= 4 is 46.5 Å². The average molecular weight is 628 g/mol. The van der Waals surface area contributed by atoms with E-state index in [0.29, 0.717) is 12.8 Å². The van der Waals surface area contributed by atoms with Crippen LogP contribution in [0.4, 0.5) is 0 Å². The van der Waals surface area contributed by atoms with Gasteiger partial charge in [0.25, 0.3) is 0 Å². The van der Waals surface area contributed by atoms with Gasteiger partial charge in [-0.15, -0.1) is 0 Å². The molecule has 5 atom stereocenters. The number of aliphatic carboxylic acids is 4. The number of para-hydroxylation sites is 1. The molecular formula is C26H41N7O9S. The van der Waals surface area contributed by atoms with E-state index in [1.807, 2.05) is 36.7 Å². The van der Waals surface area contributed by atoms with Crippen LogP contribution in [0.2, 0.25) is 0 Å². The van der Waals surface area contributed by atoms with Gasteiger partial charge in [0, 0.05) is 41.8 Å². The Morgan fingerprint density at radius 3 is 1.86 bits per heavy atom. The highest BCUT2D eigenvalue weighted by Gasteiger charge is 2.16. The number of fused-ring (bicyclic) bond motifs is 1. The molecule has 0 amide bonds. The van der Waals surface area contributed by atoms with Crippen molar-refractivity contribution in [3.05, 3.63) is 54.2 Å². The Balaban J connectivity index is 0.000000567. The topological polar surface area (TPSA) is 318 Å². The number of hydrogen-bond acceptors (Lipinski definition) is 11. The van der Waals surface area contributed by atoms with Crippen LogP contribution in [0.1, 0.15) is 24.6 Å². The zero-order valence-electron chi connectivity index (χ0n) is 23.8. The van der Waals surface area contributed by atoms with E-state index in [1.54, 1.807) is 18.0 Å². The molecule has 0 saturated carbocycles. The molecule has 0 aliphatic heterocycles. The zero-order chi connectivity index (χ0) is 33.1. The molecule has 2 aromatic heterocycles. The van der Waals surface area contributed by atoms with Gasteiger partial charge in [0.1, 0.15) is 24.2 Å². The number of nitrogens with zero attached hydrogens (tertiary/aromatic N) is 1. The van der Waals surface area contributed by atoms with Crippen LogP contribution in [-0.4, -0.2) is 107 Å². The number of carboxylic acids is 4. The lowest BCUT2D eigenvalue weighted by Gasteiger charge is -2.06. The second-order valence-electron chi connectivity index (χ2n) is 9.06. The standard InChI is InChI=1S/C11H12N2O2.C6H9N3O2.C5H11NO2S.C4H9NO3/c12-9(11(14)15)5-7-6-13-10-4-2-1-3-8(7)10;7-5(6(10)11)1-4-2-8-3-9-4;1-9-3-2-4(6)5(7)8;1-2(6)3(5)4(7)8/h1-4,6,9,13H,5,12H2,(H,14,15);2-3,5H,1,7H2,(H,8,9)(H,10,11);4H,2-3,6H2,1H3,(H,7,8);2-3,6H,5H2,1H3,(H,7,8). The number of H-pyrrole nitrogens is 2. The maximum atomic E-state index is 10.6. The van der Waals surface area contributed by atoms with Crippen molar-refractivity contribution in [3.63, 3.8) is 0 Å². The third-order valence-corrected chi connectivity index (χ3v) is 6.14. The van der Waals surface area contributed by atoms with Crippen LogP contribution in [0.15, 0.2) is 43.0 Å². The molecule has 240 valence electrons. The molecule has 16 nitrogen and oxygen atoms in total. The van der Waals surface area contributed by atoms with Crippen LogP contribution in [0.5, 0.6) is 0 Å². The number of imidazole rings is 1. The lowest BCUT2D eigenvalue weighted by molar-refractivity contribution is -0.141. The molecule has 0 fully saturated rings. The summed E-state index contributed by atoms with van der Waals surface area (Å²) in [5.41, 5.74) is 23.5. The fraction of sp³-hybridized carbons (Fsp3) is 0.423. The van der Waals surface area contributed by atoms with E-state index in [9.17, 15) is 19.2 Å². The Bertz CT molecular complexity index is 1250. The van der Waals surface area contributed by atoms with Gasteiger partial charge in [-0.2, -0.15) is 11.8 Å². The highest BCUT2D eigenvalue weighted by Crippen LogP contribution is 2.18. The van der Waals surface area contributed by atoms with Gasteiger partial charge in [-0.3, -0.25) is 19.2 Å². The SMILES string of the molecule is CC(O)C(N)C(=O)O.CSCCC(N)C(=O)O.NC(Cc1c[nH]c2ccccc12)C(=O)O.NC(Cc1cnc[nH]1)C(=O)O. The Hall–Kier alpha value is -4.00. The average Bonchev–Trinajstić information content (AvgIpc) is 3.62. The Labute approximate surface area is 251 Å². The molecule has 0 spiro atoms. The number of aliphatic hydroxyl groups excluding tert-OH is 1. The number of aliphatic hydroxyl groups is 1. The first-order chi connectivity index (χ1) is 20.1. The number of rotatable bonds is 12. The van der Waals surface area contributed by atoms with Crippen molar-refractivity contribution in [3.8, 4) is 0 Å². The summed E-state index contributed by atoms with van der Waals surface area (Å²) in [4.78, 5) is 50.4. The quantitative estimate of drug-likeness (QED) is 0.120. The number of thioether (sulfide) groups is 1. The van der Waals surface area contributed by atoms with Gasteiger partial charge >= 0.3 is 23.9 Å². The van der Waals surface area contributed by atoms with E-state index >= 15 is 0 Å². The van der Waals surface area contributed by atoms with Gasteiger partial charge in [0.15, 0.2) is 0 Å². The molecule has 0 aliphatic rings. The molecule has 15 N–H and O–H groups in total. The first-order valence-electron chi connectivity index (χ1n) is 12.7. The summed E-state index contributed by atoms with van der Waals surface area (Å²) in [6, 6.07) is 4.22. The van der Waals surface area contributed by atoms with Gasteiger partial charge in [0.2, 0.25) is 0 Å². The smallest absolute Gasteiger partial charge is 0.323 e. The summed E-state index contributed by atoms with van der Waals surface area (Å²) in [7, 11) is 0. The minimum atomic E-state index is -1.18. The first-order valence-corrected chi connectivity index (χ1v) is 14.1. The van der Waals surface area contributed by atoms with Crippen LogP contribution in [0.3, 0.4) is 0 Å². The number of aromatic nitrogens is 3. The first kappa shape index (κ1) is 39.0. The summed E-state index contributed by atoms with van der Waals surface area (Å²) in [6.07, 6.45) is 6.99. The van der Waals surface area contributed by atoms with E-state index in [-0.39, 0.29) is 6.42 Å². The molecule has 0 saturated heterocycles. The van der Waals surface area contributed by atoms with Crippen molar-refractivity contribution in [2.24, 2.45) is 22.9 Å². The summed E-state index contributed by atoms with van der Waals surface area (Å²) in [5.74, 6) is -3.25. The van der Waals surface area contributed by atoms with E-state index in [4.69, 9.17) is 48.5 Å². The third kappa shape index (κ3) is 16.3. The molecule has 3 rings (SSSR count). The molecule has 1 aromatic carbocycles. The lowest BCUT2D eigenvalue weighted by atomic mass is 10.1. The molecule has 3 aromatic rings. The van der Waals surface area contributed by atoms with Crippen molar-refractivity contribution in [1.29, 1.82) is 0 Å². The zero-order valence-corrected chi connectivity index (χ0v) is 24.6. The van der Waals surface area contributed by atoms with Gasteiger partial charge in [-0.25, -0.2) is 4.98 Å². The molecular weight excluding hydrogens is 586 g/mol. The van der Waals surface area contributed by atoms with Crippen LogP contribution >= 0.6 is 11.8 Å². The molecule has 43 heavy (non-hydrogen) atoms. The number of benzene rings is 1. The van der Waals surface area contributed by atoms with Crippen molar-refractivity contribution in [2.75, 3.05) is 12.0 Å². The molecule has 0 aliphatic carbocycles. The molecule has 0 bridgehead atoms. The largest absolute Gasteiger partial charge is 0.480 e. The van der Waals surface area contributed by atoms with E-state index in [2.05, 4.69) is 15.0 Å². The van der Waals surface area contributed by atoms with Gasteiger partial charge < -0.3 is 58.4 Å². The number of nitrogens with two attached hydrogens (primary N) is 4. The normalized spacial score (nSPS) is 13.7. The second kappa shape index (κ2) is 20.8. The number of carboxylic acid groups (broad SMARTS) is 4. The van der Waals surface area contributed by atoms with Crippen molar-refractivity contribution in [1.82, 2.24) is 15.0 Å². The number of aromatic amines is 2. The van der Waals surface area contributed by atoms with Crippen LogP contribution in [0, 0.1) is 0 Å². The fourth-order valence-corrected chi connectivity index (χ4v) is 3.41. The lowest BCUT2D eigenvalue weighted by Crippen LogP contribution is -2.39. The number of carbonyl (C=O) groups is 4. The Morgan fingerprint density at radius 1 is 0.860 bits per heavy atom. The summed E-state index contributed by atoms with van der Waals surface area (Å²) < 4.78 is 0. The minimum absolute atomic E-state index is 0.287. The Morgan fingerprint density at radius 2 is 1.42 bits per heavy atom. The van der Waals surface area contributed by atoms with Crippen LogP contribution < -0.4 is 22.9 Å². The van der Waals surface area contributed by atoms with Gasteiger partial charge in [0.05, 0.1) is 12.4 Å². The highest BCUT2D eigenvalue weighted by molar-refractivity contribution is 7.98. The molecule has 5 unspecified atom stereocenters. The van der Waals surface area contributed by atoms with Crippen LogP contribution in [-0.2, 0) is 32.0 Å². The monoisotopic (exact) mass is 627 g/mol. The summed E-state index contributed by atoms with van der Waals surface area (Å²) in [5, 5.41) is 43.0. The fourth-order valence-electron chi connectivity index (χ4n) is 2.92. The maximum Gasteiger partial charge on any atom is 0.323 e. The number of nitrogens with one attached hydrogen (secondary N) is 2. The predicted octanol–water partition coefficient (Wildman–Crippen LogP) is -0.583. The molecule has 2 heterocycles. The third-order valence-electron chi connectivity index (χ3n) is 5.50. The van der Waals surface area contributed by atoms with Gasteiger partial charge in [-0.05, 0) is 37.0 Å². The van der Waals surface area contributed by atoms with Crippen LogP contribution in [0.25, 0.3) is 10.9 Å². The number of hydrogen-bond donors (Lipinski definition) is 11. The Kier molecular flexibility index (Phi) is 18.9. The van der Waals surface area contributed by atoms with Crippen molar-refractivity contribution < 1.29 is 44.7 Å². The van der Waals surface area contributed by atoms with E-state index in [0.717, 1.165) is 27.9 Å². The summed E-state index contributed by atoms with van der Waals surface area (Å²) in [6.45, 7) is 1.33. The molecule has 17 heteroatoms. The second-order valence-corrected chi connectivity index (χ2v) is 10.1. The van der Waals surface area contributed by atoms with E-state index in [1.165, 1.54) is 13.3 Å². The predicted molar refractivity (Wildman–Crippen MR) is 161 cm³/mol. The van der Waals surface area contributed by atoms with Gasteiger partial charge in [-0.1, -0.05) is 18.2 Å². The van der Waals surface area contributed by atoms with E-state index < -0.39 is 54.1 Å². The minimum Gasteiger partial charge on any atom is -0.480 e. The highest BCUT2D eigenvalue weighted by atomic mass is 32.2.